The fraction of sp³-hybridized carbons (Fsp3) is 0.714. The largest absolute Gasteiger partial charge is 0.402 e. The van der Waals surface area contributed by atoms with E-state index in [1.165, 1.54) is 54.5 Å². The number of hydrogen-bond acceptors (Lipinski definition) is 4. The van der Waals surface area contributed by atoms with Gasteiger partial charge in [0, 0.05) is 29.9 Å². The van der Waals surface area contributed by atoms with Crippen LogP contribution < -0.4 is 16.4 Å². The summed E-state index contributed by atoms with van der Waals surface area (Å²) in [5, 5.41) is 8.22. The topological polar surface area (TPSA) is 53.3 Å². The highest BCUT2D eigenvalue weighted by molar-refractivity contribution is 5.51. The maximum Gasteiger partial charge on any atom is 0.134 e. The van der Waals surface area contributed by atoms with E-state index in [-0.39, 0.29) is 6.29 Å². The molecule has 1 saturated heterocycles. The lowest BCUT2D eigenvalue weighted by atomic mass is 9.63. The highest BCUT2D eigenvalue weighted by Gasteiger charge is 2.43. The monoisotopic (exact) mass is 532 g/mol. The second-order valence-corrected chi connectivity index (χ2v) is 14.7. The van der Waals surface area contributed by atoms with Gasteiger partial charge in [0.05, 0.1) is 0 Å². The molecule has 0 aromatic heterocycles. The van der Waals surface area contributed by atoms with Crippen molar-refractivity contribution in [1.82, 2.24) is 15.5 Å². The average molecular weight is 533 g/mol. The second-order valence-electron chi connectivity index (χ2n) is 14.7. The van der Waals surface area contributed by atoms with E-state index in [2.05, 4.69) is 94.5 Å². The van der Waals surface area contributed by atoms with E-state index in [9.17, 15) is 0 Å². The molecule has 216 valence electrons. The van der Waals surface area contributed by atoms with Crippen molar-refractivity contribution in [2.24, 2.45) is 46.7 Å². The van der Waals surface area contributed by atoms with Gasteiger partial charge in [0.15, 0.2) is 0 Å². The van der Waals surface area contributed by atoms with Crippen LogP contribution in [0.2, 0.25) is 0 Å². The van der Waals surface area contributed by atoms with Gasteiger partial charge in [-0.05, 0) is 110 Å². The van der Waals surface area contributed by atoms with Gasteiger partial charge in [-0.15, -0.1) is 0 Å². The minimum absolute atomic E-state index is 0.174. The van der Waals surface area contributed by atoms with Gasteiger partial charge in [-0.25, -0.2) is 0 Å². The summed E-state index contributed by atoms with van der Waals surface area (Å²) in [4.78, 5) is 2.49. The maximum atomic E-state index is 6.62. The van der Waals surface area contributed by atoms with Crippen LogP contribution in [-0.2, 0) is 0 Å². The van der Waals surface area contributed by atoms with Crippen molar-refractivity contribution in [3.63, 3.8) is 0 Å². The Morgan fingerprint density at radius 2 is 1.79 bits per heavy atom. The first-order valence-corrected chi connectivity index (χ1v) is 16.0. The van der Waals surface area contributed by atoms with Crippen LogP contribution in [-0.4, -0.2) is 30.8 Å². The lowest BCUT2D eigenvalue weighted by Crippen LogP contribution is -2.64. The zero-order valence-electron chi connectivity index (χ0n) is 25.9. The average Bonchev–Trinajstić information content (AvgIpc) is 2.86. The Bertz CT molecular complexity index is 1050. The lowest BCUT2D eigenvalue weighted by molar-refractivity contribution is 0.0137. The summed E-state index contributed by atoms with van der Waals surface area (Å²) in [6, 6.07) is 0.558. The first-order valence-electron chi connectivity index (χ1n) is 16.0. The molecule has 1 saturated carbocycles. The number of nitrogens with one attached hydrogen (secondary N) is 2. The van der Waals surface area contributed by atoms with E-state index in [1.54, 1.807) is 0 Å². The Morgan fingerprint density at radius 1 is 1.05 bits per heavy atom. The molecule has 4 nitrogen and oxygen atoms in total. The van der Waals surface area contributed by atoms with Gasteiger partial charge in [0.25, 0.3) is 0 Å². The van der Waals surface area contributed by atoms with E-state index in [4.69, 9.17) is 5.73 Å². The quantitative estimate of drug-likeness (QED) is 0.327. The van der Waals surface area contributed by atoms with Gasteiger partial charge < -0.3 is 11.1 Å². The molecule has 0 aromatic rings. The SMILES string of the molecule is CC1C=CC(C2=CC(C3C=CC[C@H](C)C3C)=C(NC3NC(C4(C)CC(C)CC(C)C4)CCN3C)CC2)=C(N)C1. The normalized spacial score (nSPS) is 42.1. The summed E-state index contributed by atoms with van der Waals surface area (Å²) in [5.41, 5.74) is 13.7. The van der Waals surface area contributed by atoms with Crippen LogP contribution in [0.5, 0.6) is 0 Å². The third-order valence-electron chi connectivity index (χ3n) is 11.0. The van der Waals surface area contributed by atoms with E-state index in [0.717, 1.165) is 43.3 Å². The summed E-state index contributed by atoms with van der Waals surface area (Å²) in [6.45, 7) is 15.8. The third kappa shape index (κ3) is 6.12. The molecule has 5 aliphatic rings. The van der Waals surface area contributed by atoms with Crippen molar-refractivity contribution in [2.45, 2.75) is 105 Å². The molecule has 0 aromatic carbocycles. The molecule has 5 rings (SSSR count). The van der Waals surface area contributed by atoms with Gasteiger partial charge >= 0.3 is 0 Å². The molecule has 0 bridgehead atoms. The molecule has 4 N–H and O–H groups in total. The van der Waals surface area contributed by atoms with Crippen molar-refractivity contribution in [2.75, 3.05) is 13.6 Å². The van der Waals surface area contributed by atoms with Gasteiger partial charge in [-0.1, -0.05) is 71.9 Å². The lowest BCUT2D eigenvalue weighted by Gasteiger charge is -2.51. The molecule has 4 aliphatic carbocycles. The van der Waals surface area contributed by atoms with E-state index < -0.39 is 0 Å². The molecule has 0 radical (unpaired) electrons. The molecule has 1 aliphatic heterocycles. The summed E-state index contributed by atoms with van der Waals surface area (Å²) in [6.07, 6.45) is 21.8. The molecule has 0 amide bonds. The van der Waals surface area contributed by atoms with Crippen LogP contribution in [0.1, 0.15) is 92.9 Å². The molecule has 4 heteroatoms. The summed E-state index contributed by atoms with van der Waals surface area (Å²) >= 11 is 0. The van der Waals surface area contributed by atoms with Gasteiger partial charge in [-0.3, -0.25) is 10.2 Å². The molecule has 39 heavy (non-hydrogen) atoms. The summed E-state index contributed by atoms with van der Waals surface area (Å²) in [7, 11) is 2.28. The van der Waals surface area contributed by atoms with Crippen molar-refractivity contribution in [3.8, 4) is 0 Å². The second kappa shape index (κ2) is 11.6. The first-order chi connectivity index (χ1) is 18.5. The van der Waals surface area contributed by atoms with Crippen molar-refractivity contribution >= 4 is 0 Å². The van der Waals surface area contributed by atoms with Crippen LogP contribution in [0.4, 0.5) is 0 Å². The first kappa shape index (κ1) is 28.7. The molecular weight excluding hydrogens is 476 g/mol. The number of allylic oxidation sites excluding steroid dienone is 10. The number of rotatable bonds is 5. The smallest absolute Gasteiger partial charge is 0.134 e. The molecule has 7 unspecified atom stereocenters. The van der Waals surface area contributed by atoms with Crippen molar-refractivity contribution < 1.29 is 0 Å². The fourth-order valence-electron chi connectivity index (χ4n) is 8.74. The Hall–Kier alpha value is -1.78. The third-order valence-corrected chi connectivity index (χ3v) is 11.0. The highest BCUT2D eigenvalue weighted by atomic mass is 15.4. The maximum absolute atomic E-state index is 6.62. The molecule has 0 spiro atoms. The Balaban J connectivity index is 1.44. The Labute approximate surface area is 239 Å². The highest BCUT2D eigenvalue weighted by Crippen LogP contribution is 2.46. The Morgan fingerprint density at radius 3 is 2.51 bits per heavy atom. The van der Waals surface area contributed by atoms with Gasteiger partial charge in [0.1, 0.15) is 6.29 Å². The zero-order valence-corrected chi connectivity index (χ0v) is 25.9. The minimum Gasteiger partial charge on any atom is -0.402 e. The summed E-state index contributed by atoms with van der Waals surface area (Å²) in [5.74, 6) is 3.94. The molecule has 2 fully saturated rings. The van der Waals surface area contributed by atoms with Crippen LogP contribution in [0.25, 0.3) is 0 Å². The zero-order chi connectivity index (χ0) is 27.9. The van der Waals surface area contributed by atoms with Crippen molar-refractivity contribution in [1.29, 1.82) is 0 Å². The van der Waals surface area contributed by atoms with Crippen LogP contribution in [0.15, 0.2) is 58.5 Å². The van der Waals surface area contributed by atoms with Crippen LogP contribution >= 0.6 is 0 Å². The summed E-state index contributed by atoms with van der Waals surface area (Å²) < 4.78 is 0. The fourth-order valence-corrected chi connectivity index (χ4v) is 8.74. The van der Waals surface area contributed by atoms with Gasteiger partial charge in [-0.2, -0.15) is 0 Å². The predicted octanol–water partition coefficient (Wildman–Crippen LogP) is 7.25. The Kier molecular flexibility index (Phi) is 8.55. The van der Waals surface area contributed by atoms with Gasteiger partial charge in [0.2, 0.25) is 0 Å². The number of nitrogens with two attached hydrogens (primary N) is 1. The molecule has 8 atom stereocenters. The van der Waals surface area contributed by atoms with E-state index >= 15 is 0 Å². The van der Waals surface area contributed by atoms with Crippen LogP contribution in [0.3, 0.4) is 0 Å². The van der Waals surface area contributed by atoms with E-state index in [1.807, 2.05) is 0 Å². The van der Waals surface area contributed by atoms with E-state index in [0.29, 0.717) is 35.1 Å². The van der Waals surface area contributed by atoms with Crippen LogP contribution in [0, 0.1) is 40.9 Å². The van der Waals surface area contributed by atoms with Crippen molar-refractivity contribution in [3.05, 3.63) is 58.5 Å². The molecular formula is C35H56N4. The number of hydrogen-bond donors (Lipinski definition) is 3. The minimum atomic E-state index is 0.174. The standard InChI is InChI=1S/C35H56N4/c1-22-11-13-29(31(36)18-22)27-12-14-32(30(19-27)28-10-8-9-25(4)26(28)5)37-34-38-33(15-16-39(34)7)35(6)20-23(2)17-24(3)21-35/h8,10-11,13,19,22-26,28,33-34,37-38H,9,12,14-18,20-21,36H2,1-7H3/t22?,23?,24?,25-,26?,28?,33?,34?,35?/m0/s1. The predicted molar refractivity (Wildman–Crippen MR) is 165 cm³/mol. The molecule has 1 heterocycles. The number of nitrogens with zero attached hydrogens (tertiary/aromatic N) is 1.